The molecule has 0 aliphatic rings. The summed E-state index contributed by atoms with van der Waals surface area (Å²) in [6, 6.07) is 7.66. The molecular formula is C20H23N5O3S. The number of hydrogen-bond acceptors (Lipinski definition) is 5. The molecule has 0 bridgehead atoms. The Labute approximate surface area is 171 Å². The van der Waals surface area contributed by atoms with E-state index in [1.807, 2.05) is 31.2 Å². The number of fused-ring (bicyclic) bond motifs is 1. The average molecular weight is 414 g/mol. The monoisotopic (exact) mass is 413 g/mol. The minimum Gasteiger partial charge on any atom is -0.325 e. The highest BCUT2D eigenvalue weighted by Gasteiger charge is 2.19. The first-order valence-corrected chi connectivity index (χ1v) is 10.1. The Bertz CT molecular complexity index is 1210. The number of carbonyl (C=O) groups excluding carboxylic acids is 1. The van der Waals surface area contributed by atoms with E-state index in [2.05, 4.69) is 16.9 Å². The molecule has 1 aromatic carbocycles. The normalized spacial score (nSPS) is 11.0. The molecule has 2 heterocycles. The van der Waals surface area contributed by atoms with Crippen LogP contribution in [0, 0.1) is 0 Å². The quantitative estimate of drug-likeness (QED) is 0.472. The molecule has 0 aliphatic heterocycles. The highest BCUT2D eigenvalue weighted by Crippen LogP contribution is 2.22. The number of imidazole rings is 1. The summed E-state index contributed by atoms with van der Waals surface area (Å²) in [6.45, 7) is 6.10. The van der Waals surface area contributed by atoms with Gasteiger partial charge in [0.25, 0.3) is 5.56 Å². The van der Waals surface area contributed by atoms with E-state index in [0.717, 1.165) is 22.2 Å². The lowest BCUT2D eigenvalue weighted by molar-refractivity contribution is -0.113. The first kappa shape index (κ1) is 20.7. The standard InChI is InChI=1S/C20H23N5O3S/c1-5-11-25-16-17(23(3)20(28)24(4)18(16)27)22-19(25)29-12-15(26)21-14-10-8-7-9-13(14)6-2/h5,7-10H,1,6,11-12H2,2-4H3,(H,21,26). The number of aryl methyl sites for hydroxylation is 2. The molecule has 3 aromatic rings. The van der Waals surface area contributed by atoms with Gasteiger partial charge in [0.1, 0.15) is 0 Å². The van der Waals surface area contributed by atoms with E-state index in [1.54, 1.807) is 17.7 Å². The molecule has 0 aliphatic carbocycles. The van der Waals surface area contributed by atoms with Crippen LogP contribution < -0.4 is 16.6 Å². The number of allylic oxidation sites excluding steroid dienone is 1. The molecule has 1 N–H and O–H groups in total. The van der Waals surface area contributed by atoms with Crippen molar-refractivity contribution >= 4 is 34.5 Å². The van der Waals surface area contributed by atoms with Crippen LogP contribution in [0.5, 0.6) is 0 Å². The fourth-order valence-electron chi connectivity index (χ4n) is 3.10. The van der Waals surface area contributed by atoms with Crippen molar-refractivity contribution in [2.75, 3.05) is 11.1 Å². The lowest BCUT2D eigenvalue weighted by atomic mass is 10.1. The maximum atomic E-state index is 12.6. The molecule has 0 unspecified atom stereocenters. The summed E-state index contributed by atoms with van der Waals surface area (Å²) in [5, 5.41) is 3.40. The molecule has 0 fully saturated rings. The third-order valence-corrected chi connectivity index (χ3v) is 5.61. The van der Waals surface area contributed by atoms with Crippen molar-refractivity contribution in [1.29, 1.82) is 0 Å². The number of nitrogens with one attached hydrogen (secondary N) is 1. The van der Waals surface area contributed by atoms with Crippen LogP contribution in [0.25, 0.3) is 11.2 Å². The third-order valence-electron chi connectivity index (χ3n) is 4.63. The van der Waals surface area contributed by atoms with Gasteiger partial charge in [0, 0.05) is 26.3 Å². The van der Waals surface area contributed by atoms with Crippen LogP contribution in [0.15, 0.2) is 51.7 Å². The van der Waals surface area contributed by atoms with Crippen molar-refractivity contribution in [3.05, 3.63) is 63.3 Å². The molecule has 0 atom stereocenters. The second-order valence-corrected chi connectivity index (χ2v) is 7.46. The number of aromatic nitrogens is 4. The minimum atomic E-state index is -0.448. The first-order chi connectivity index (χ1) is 13.9. The Morgan fingerprint density at radius 2 is 1.97 bits per heavy atom. The van der Waals surface area contributed by atoms with Gasteiger partial charge in [0.05, 0.1) is 5.75 Å². The summed E-state index contributed by atoms with van der Waals surface area (Å²) >= 11 is 1.21. The van der Waals surface area contributed by atoms with E-state index >= 15 is 0 Å². The summed E-state index contributed by atoms with van der Waals surface area (Å²) in [4.78, 5) is 41.7. The zero-order valence-corrected chi connectivity index (χ0v) is 17.5. The predicted octanol–water partition coefficient (Wildman–Crippen LogP) is 1.91. The van der Waals surface area contributed by atoms with Crippen LogP contribution in [0.3, 0.4) is 0 Å². The van der Waals surface area contributed by atoms with Gasteiger partial charge in [0.15, 0.2) is 16.3 Å². The average Bonchev–Trinajstić information content (AvgIpc) is 3.08. The Kier molecular flexibility index (Phi) is 6.07. The smallest absolute Gasteiger partial charge is 0.325 e. The molecule has 9 heteroatoms. The molecule has 2 aromatic heterocycles. The third kappa shape index (κ3) is 3.91. The van der Waals surface area contributed by atoms with Crippen molar-refractivity contribution in [3.8, 4) is 0 Å². The van der Waals surface area contributed by atoms with E-state index < -0.39 is 11.2 Å². The minimum absolute atomic E-state index is 0.118. The maximum Gasteiger partial charge on any atom is 0.332 e. The number of rotatable bonds is 7. The number of nitrogens with zero attached hydrogens (tertiary/aromatic N) is 4. The van der Waals surface area contributed by atoms with Gasteiger partial charge in [-0.1, -0.05) is 43.0 Å². The number of benzene rings is 1. The summed E-state index contributed by atoms with van der Waals surface area (Å²) in [5.74, 6) is -0.0536. The Balaban J connectivity index is 1.91. The predicted molar refractivity (Wildman–Crippen MR) is 116 cm³/mol. The Morgan fingerprint density at radius 3 is 2.66 bits per heavy atom. The SMILES string of the molecule is C=CCn1c(SCC(=O)Nc2ccccc2CC)nc2c1c(=O)n(C)c(=O)n2C. The van der Waals surface area contributed by atoms with Gasteiger partial charge in [-0.15, -0.1) is 6.58 Å². The Morgan fingerprint density at radius 1 is 1.24 bits per heavy atom. The summed E-state index contributed by atoms with van der Waals surface area (Å²) in [6.07, 6.45) is 2.46. The molecule has 152 valence electrons. The lowest BCUT2D eigenvalue weighted by Gasteiger charge is -2.10. The molecule has 0 saturated carbocycles. The molecular weight excluding hydrogens is 390 g/mol. The topological polar surface area (TPSA) is 90.9 Å². The summed E-state index contributed by atoms with van der Waals surface area (Å²) in [5.41, 5.74) is 1.58. The van der Waals surface area contributed by atoms with Gasteiger partial charge in [-0.25, -0.2) is 9.78 Å². The van der Waals surface area contributed by atoms with Crippen LogP contribution in [-0.2, 0) is 31.9 Å². The largest absolute Gasteiger partial charge is 0.332 e. The van der Waals surface area contributed by atoms with E-state index in [-0.39, 0.29) is 11.7 Å². The Hall–Kier alpha value is -3.07. The number of hydrogen-bond donors (Lipinski definition) is 1. The molecule has 0 spiro atoms. The number of amides is 1. The fourth-order valence-corrected chi connectivity index (χ4v) is 3.91. The zero-order chi connectivity index (χ0) is 21.1. The van der Waals surface area contributed by atoms with Crippen molar-refractivity contribution in [1.82, 2.24) is 18.7 Å². The highest BCUT2D eigenvalue weighted by molar-refractivity contribution is 7.99. The molecule has 0 saturated heterocycles. The van der Waals surface area contributed by atoms with Gasteiger partial charge in [-0.2, -0.15) is 0 Å². The van der Waals surface area contributed by atoms with Crippen molar-refractivity contribution in [2.24, 2.45) is 14.1 Å². The molecule has 1 amide bonds. The molecule has 0 radical (unpaired) electrons. The zero-order valence-electron chi connectivity index (χ0n) is 16.6. The molecule has 29 heavy (non-hydrogen) atoms. The number of carbonyl (C=O) groups is 1. The van der Waals surface area contributed by atoms with Crippen LogP contribution in [0.1, 0.15) is 12.5 Å². The van der Waals surface area contributed by atoms with Crippen LogP contribution in [0.4, 0.5) is 5.69 Å². The van der Waals surface area contributed by atoms with Crippen LogP contribution in [0.2, 0.25) is 0 Å². The van der Waals surface area contributed by atoms with Gasteiger partial charge in [-0.05, 0) is 18.1 Å². The van der Waals surface area contributed by atoms with E-state index in [4.69, 9.17) is 0 Å². The van der Waals surface area contributed by atoms with E-state index in [0.29, 0.717) is 22.9 Å². The second kappa shape index (κ2) is 8.52. The van der Waals surface area contributed by atoms with E-state index in [9.17, 15) is 14.4 Å². The fraction of sp³-hybridized carbons (Fsp3) is 0.300. The van der Waals surface area contributed by atoms with E-state index in [1.165, 1.54) is 23.4 Å². The molecule has 3 rings (SSSR count). The van der Waals surface area contributed by atoms with Crippen molar-refractivity contribution in [3.63, 3.8) is 0 Å². The van der Waals surface area contributed by atoms with Crippen LogP contribution >= 0.6 is 11.8 Å². The summed E-state index contributed by atoms with van der Waals surface area (Å²) in [7, 11) is 3.00. The second-order valence-electron chi connectivity index (χ2n) is 6.52. The van der Waals surface area contributed by atoms with Crippen molar-refractivity contribution in [2.45, 2.75) is 25.0 Å². The van der Waals surface area contributed by atoms with Gasteiger partial charge in [-0.3, -0.25) is 18.7 Å². The van der Waals surface area contributed by atoms with Gasteiger partial charge >= 0.3 is 5.69 Å². The van der Waals surface area contributed by atoms with Gasteiger partial charge < -0.3 is 9.88 Å². The number of thioether (sulfide) groups is 1. The lowest BCUT2D eigenvalue weighted by Crippen LogP contribution is -2.37. The summed E-state index contributed by atoms with van der Waals surface area (Å²) < 4.78 is 4.06. The maximum absolute atomic E-state index is 12.6. The first-order valence-electron chi connectivity index (χ1n) is 9.16. The molecule has 8 nitrogen and oxygen atoms in total. The number of anilines is 1. The number of para-hydroxylation sites is 1. The van der Waals surface area contributed by atoms with Gasteiger partial charge in [0.2, 0.25) is 5.91 Å². The highest BCUT2D eigenvalue weighted by atomic mass is 32.2. The van der Waals surface area contributed by atoms with Crippen LogP contribution in [-0.4, -0.2) is 30.3 Å². The van der Waals surface area contributed by atoms with Crippen molar-refractivity contribution < 1.29 is 4.79 Å².